The Morgan fingerprint density at radius 3 is 1.72 bits per heavy atom. The molecule has 0 aliphatic carbocycles. The lowest BCUT2D eigenvalue weighted by Crippen LogP contribution is -2.45. The lowest BCUT2D eigenvalue weighted by Gasteiger charge is -2.24. The van der Waals surface area contributed by atoms with Gasteiger partial charge in [-0.05, 0) is 12.8 Å². The Morgan fingerprint density at radius 2 is 1.41 bits per heavy atom. The molecule has 0 aromatic heterocycles. The van der Waals surface area contributed by atoms with E-state index in [1.165, 1.54) is 9.80 Å². The zero-order valence-corrected chi connectivity index (χ0v) is 19.5. The number of primary amides is 2. The monoisotopic (exact) mass is 478 g/mol. The fourth-order valence-corrected chi connectivity index (χ4v) is 4.26. The number of carbonyl (C=O) groups is 4. The summed E-state index contributed by atoms with van der Waals surface area (Å²) in [6.07, 6.45) is 2.43. The van der Waals surface area contributed by atoms with Crippen molar-refractivity contribution in [3.05, 3.63) is 0 Å². The minimum atomic E-state index is -3.51. The number of nitrogens with two attached hydrogens (primary N) is 2. The van der Waals surface area contributed by atoms with Gasteiger partial charge in [0.05, 0.1) is 12.9 Å². The maximum atomic E-state index is 11.7. The molecule has 2 saturated heterocycles. The predicted molar refractivity (Wildman–Crippen MR) is 114 cm³/mol. The van der Waals surface area contributed by atoms with E-state index in [-0.39, 0.29) is 43.3 Å². The molecule has 4 amide bonds. The highest BCUT2D eigenvalue weighted by Gasteiger charge is 2.37. The molecule has 0 bridgehead atoms. The first-order valence-electron chi connectivity index (χ1n) is 10.5. The van der Waals surface area contributed by atoms with E-state index < -0.39 is 34.0 Å². The van der Waals surface area contributed by atoms with Crippen LogP contribution in [0.4, 0.5) is 0 Å². The van der Waals surface area contributed by atoms with Crippen LogP contribution < -0.4 is 11.5 Å². The van der Waals surface area contributed by atoms with Crippen molar-refractivity contribution in [1.82, 2.24) is 9.80 Å². The zero-order chi connectivity index (χ0) is 24.6. The second-order valence-electron chi connectivity index (χ2n) is 8.06. The summed E-state index contributed by atoms with van der Waals surface area (Å²) < 4.78 is 26.4. The van der Waals surface area contributed by atoms with Gasteiger partial charge in [-0.15, -0.1) is 0 Å². The molecule has 0 radical (unpaired) electrons. The van der Waals surface area contributed by atoms with Crippen molar-refractivity contribution >= 4 is 33.7 Å². The number of aliphatic hydroxyl groups excluding tert-OH is 1. The third-order valence-electron chi connectivity index (χ3n) is 5.44. The Hall–Kier alpha value is -2.25. The van der Waals surface area contributed by atoms with Crippen molar-refractivity contribution in [2.45, 2.75) is 51.6 Å². The predicted octanol–water partition coefficient (Wildman–Crippen LogP) is -1.83. The van der Waals surface area contributed by atoms with Crippen LogP contribution in [0.3, 0.4) is 0 Å². The maximum absolute atomic E-state index is 11.7. The normalized spacial score (nSPS) is 23.0. The number of likely N-dealkylation sites (tertiary alicyclic amines) is 2. The summed E-state index contributed by atoms with van der Waals surface area (Å²) in [4.78, 5) is 48.3. The molecule has 0 aromatic carbocycles. The number of hydrogen-bond donors (Lipinski definition) is 3. The molecule has 0 aromatic rings. The molecule has 12 nitrogen and oxygen atoms in total. The molecule has 13 heteroatoms. The van der Waals surface area contributed by atoms with Crippen LogP contribution in [-0.2, 0) is 33.5 Å². The molecule has 2 aliphatic heterocycles. The van der Waals surface area contributed by atoms with Crippen molar-refractivity contribution in [1.29, 1.82) is 0 Å². The van der Waals surface area contributed by atoms with E-state index in [9.17, 15) is 27.6 Å². The summed E-state index contributed by atoms with van der Waals surface area (Å²) in [6.45, 7) is 4.26. The Morgan fingerprint density at radius 1 is 1.00 bits per heavy atom. The third-order valence-corrected chi connectivity index (χ3v) is 6.00. The molecule has 0 spiro atoms. The van der Waals surface area contributed by atoms with Crippen LogP contribution in [0.5, 0.6) is 0 Å². The van der Waals surface area contributed by atoms with Gasteiger partial charge < -0.3 is 26.4 Å². The minimum absolute atomic E-state index is 0.0164. The number of amides is 4. The van der Waals surface area contributed by atoms with E-state index in [1.54, 1.807) is 6.92 Å². The van der Waals surface area contributed by atoms with Gasteiger partial charge in [0, 0.05) is 44.4 Å². The first-order chi connectivity index (χ1) is 14.8. The lowest BCUT2D eigenvalue weighted by atomic mass is 10.1. The fraction of sp³-hybridized carbons (Fsp3) is 0.789. The smallest absolute Gasteiger partial charge is 0.264 e. The maximum Gasteiger partial charge on any atom is 0.264 e. The highest BCUT2D eigenvalue weighted by molar-refractivity contribution is 7.85. The molecule has 2 unspecified atom stereocenters. The van der Waals surface area contributed by atoms with Crippen LogP contribution >= 0.6 is 0 Å². The Labute approximate surface area is 188 Å². The molecular formula is C19H34N4O8S. The summed E-state index contributed by atoms with van der Waals surface area (Å²) in [5.74, 6) is -1.57. The van der Waals surface area contributed by atoms with Crippen LogP contribution in [0.1, 0.15) is 39.5 Å². The molecule has 2 fully saturated rings. The van der Waals surface area contributed by atoms with E-state index in [0.717, 1.165) is 6.26 Å². The van der Waals surface area contributed by atoms with Crippen LogP contribution in [0, 0.1) is 11.8 Å². The molecule has 2 aliphatic rings. The largest absolute Gasteiger partial charge is 0.396 e. The van der Waals surface area contributed by atoms with Crippen molar-refractivity contribution in [3.8, 4) is 0 Å². The second kappa shape index (κ2) is 12.1. The van der Waals surface area contributed by atoms with Crippen molar-refractivity contribution in [2.24, 2.45) is 23.3 Å². The molecule has 4 atom stereocenters. The van der Waals surface area contributed by atoms with Crippen LogP contribution in [-0.4, -0.2) is 91.6 Å². The van der Waals surface area contributed by atoms with Gasteiger partial charge in [-0.25, -0.2) is 0 Å². The summed E-state index contributed by atoms with van der Waals surface area (Å²) in [7, 11) is -3.51. The van der Waals surface area contributed by atoms with Crippen LogP contribution in [0.25, 0.3) is 0 Å². The highest BCUT2D eigenvalue weighted by Crippen LogP contribution is 2.22. The lowest BCUT2D eigenvalue weighted by molar-refractivity contribution is -0.136. The Kier molecular flexibility index (Phi) is 10.5. The van der Waals surface area contributed by atoms with Crippen molar-refractivity contribution in [3.63, 3.8) is 0 Å². The SMILES string of the molecule is CC[C@@H](C(N)=O)N1CC(CO)CC1=O.CC[C@@H](C(N)=O)N1CC(COS(C)(=O)=O)CC1=O. The van der Waals surface area contributed by atoms with Gasteiger partial charge >= 0.3 is 0 Å². The summed E-state index contributed by atoms with van der Waals surface area (Å²) in [6, 6.07) is -1.14. The average molecular weight is 479 g/mol. The second-order valence-corrected chi connectivity index (χ2v) is 9.70. The van der Waals surface area contributed by atoms with Gasteiger partial charge in [0.2, 0.25) is 23.6 Å². The Bertz CT molecular complexity index is 803. The molecule has 184 valence electrons. The summed E-state index contributed by atoms with van der Waals surface area (Å²) in [5, 5.41) is 8.90. The molecule has 2 heterocycles. The highest BCUT2D eigenvalue weighted by atomic mass is 32.2. The number of hydrogen-bond acceptors (Lipinski definition) is 8. The quantitative estimate of drug-likeness (QED) is 0.305. The summed E-state index contributed by atoms with van der Waals surface area (Å²) >= 11 is 0. The number of carbonyl (C=O) groups excluding carboxylic acids is 4. The van der Waals surface area contributed by atoms with Gasteiger partial charge in [0.25, 0.3) is 10.1 Å². The standard InChI is InChI=1S/C10H18N2O5S.C9H16N2O3/c1-3-8(10(11)14)12-5-7(4-9(12)13)6-17-18(2,15)16;1-2-7(9(10)14)11-4-6(5-12)3-8(11)13/h7-8H,3-6H2,1-2H3,(H2,11,14);6-7,12H,2-5H2,1H3,(H2,10,14)/t7?,8-;6?,7-/m00/s1. The molecule has 0 saturated carbocycles. The van der Waals surface area contributed by atoms with Gasteiger partial charge in [0.1, 0.15) is 12.1 Å². The first kappa shape index (κ1) is 27.8. The average Bonchev–Trinajstić information content (AvgIpc) is 3.24. The van der Waals surface area contributed by atoms with Gasteiger partial charge in [0.15, 0.2) is 0 Å². The minimum Gasteiger partial charge on any atom is -0.396 e. The van der Waals surface area contributed by atoms with E-state index in [2.05, 4.69) is 4.18 Å². The molecule has 32 heavy (non-hydrogen) atoms. The van der Waals surface area contributed by atoms with Crippen molar-refractivity contribution in [2.75, 3.05) is 32.6 Å². The molecular weight excluding hydrogens is 444 g/mol. The number of nitrogens with zero attached hydrogens (tertiary/aromatic N) is 2. The Balaban J connectivity index is 0.000000330. The van der Waals surface area contributed by atoms with Crippen LogP contribution in [0.2, 0.25) is 0 Å². The van der Waals surface area contributed by atoms with Gasteiger partial charge in [-0.3, -0.25) is 23.4 Å². The summed E-state index contributed by atoms with van der Waals surface area (Å²) in [5.41, 5.74) is 10.4. The molecule has 2 rings (SSSR count). The van der Waals surface area contributed by atoms with Gasteiger partial charge in [-0.1, -0.05) is 13.8 Å². The number of aliphatic hydroxyl groups is 1. The zero-order valence-electron chi connectivity index (χ0n) is 18.7. The number of rotatable bonds is 10. The van der Waals surface area contributed by atoms with Crippen LogP contribution in [0.15, 0.2) is 0 Å². The van der Waals surface area contributed by atoms with Crippen molar-refractivity contribution < 1.29 is 36.9 Å². The van der Waals surface area contributed by atoms with Gasteiger partial charge in [-0.2, -0.15) is 8.42 Å². The molecule has 5 N–H and O–H groups in total. The topological polar surface area (TPSA) is 190 Å². The van der Waals surface area contributed by atoms with E-state index in [0.29, 0.717) is 32.4 Å². The third kappa shape index (κ3) is 8.02. The first-order valence-corrected chi connectivity index (χ1v) is 12.3. The van der Waals surface area contributed by atoms with E-state index in [1.807, 2.05) is 6.92 Å². The van der Waals surface area contributed by atoms with E-state index in [4.69, 9.17) is 16.6 Å². The fourth-order valence-electron chi connectivity index (χ4n) is 3.82. The van der Waals surface area contributed by atoms with E-state index >= 15 is 0 Å².